The van der Waals surface area contributed by atoms with Crippen molar-refractivity contribution in [1.29, 1.82) is 0 Å². The van der Waals surface area contributed by atoms with Crippen molar-refractivity contribution < 1.29 is 18.8 Å². The van der Waals surface area contributed by atoms with E-state index >= 15 is 0 Å². The molecule has 0 bridgehead atoms. The maximum absolute atomic E-state index is 13.4. The predicted octanol–water partition coefficient (Wildman–Crippen LogP) is 4.46. The Morgan fingerprint density at radius 1 is 1.30 bits per heavy atom. The van der Waals surface area contributed by atoms with Crippen LogP contribution in [0.1, 0.15) is 33.2 Å². The highest BCUT2D eigenvalue weighted by Gasteiger charge is 2.33. The predicted molar refractivity (Wildman–Crippen MR) is 113 cm³/mol. The summed E-state index contributed by atoms with van der Waals surface area (Å²) in [5.74, 6) is 0.174. The van der Waals surface area contributed by atoms with Gasteiger partial charge in [-0.2, -0.15) is 5.10 Å². The zero-order chi connectivity index (χ0) is 21.0. The number of carbonyl (C=O) groups is 2. The molecule has 9 heteroatoms. The fraction of sp³-hybridized carbons (Fsp3) is 0.143. The van der Waals surface area contributed by atoms with E-state index < -0.39 is 5.97 Å². The Morgan fingerprint density at radius 2 is 2.07 bits per heavy atom. The number of aromatic nitrogens is 3. The number of aryl methyl sites for hydroxylation is 1. The summed E-state index contributed by atoms with van der Waals surface area (Å²) in [7, 11) is 1.70. The summed E-state index contributed by atoms with van der Waals surface area (Å²) < 4.78 is 12.9. The summed E-state index contributed by atoms with van der Waals surface area (Å²) >= 11 is 3.51. The SMILES string of the molecule is CCOC(=O)c1cn(C)nc1Nc1cc(Br)c2noc3c2c1C(=O)c1ccccc1-3. The molecule has 1 N–H and O–H groups in total. The van der Waals surface area contributed by atoms with Gasteiger partial charge in [-0.3, -0.25) is 9.48 Å². The average molecular weight is 467 g/mol. The molecule has 1 aliphatic rings. The molecule has 0 saturated carbocycles. The monoisotopic (exact) mass is 466 g/mol. The Labute approximate surface area is 178 Å². The highest BCUT2D eigenvalue weighted by molar-refractivity contribution is 9.10. The van der Waals surface area contributed by atoms with E-state index in [1.54, 1.807) is 38.4 Å². The number of halogens is 1. The minimum absolute atomic E-state index is 0.157. The first-order valence-corrected chi connectivity index (χ1v) is 10.0. The molecule has 150 valence electrons. The van der Waals surface area contributed by atoms with Crippen LogP contribution >= 0.6 is 15.9 Å². The van der Waals surface area contributed by atoms with Gasteiger partial charge in [0.1, 0.15) is 11.1 Å². The van der Waals surface area contributed by atoms with E-state index in [0.29, 0.717) is 49.3 Å². The molecule has 2 aromatic carbocycles. The van der Waals surface area contributed by atoms with Gasteiger partial charge < -0.3 is 14.6 Å². The minimum atomic E-state index is -0.496. The van der Waals surface area contributed by atoms with E-state index in [2.05, 4.69) is 31.5 Å². The Balaban J connectivity index is 1.72. The van der Waals surface area contributed by atoms with Crippen molar-refractivity contribution in [2.24, 2.45) is 7.05 Å². The van der Waals surface area contributed by atoms with Gasteiger partial charge in [0.05, 0.1) is 23.2 Å². The number of fused-ring (bicyclic) bond motifs is 2. The van der Waals surface area contributed by atoms with Gasteiger partial charge in [-0.15, -0.1) is 0 Å². The molecule has 8 nitrogen and oxygen atoms in total. The lowest BCUT2D eigenvalue weighted by molar-refractivity contribution is 0.0527. The molecule has 0 amide bonds. The Hall–Kier alpha value is -3.46. The summed E-state index contributed by atoms with van der Waals surface area (Å²) in [6.45, 7) is 1.98. The normalized spacial score (nSPS) is 12.2. The van der Waals surface area contributed by atoms with Gasteiger partial charge in [-0.25, -0.2) is 4.79 Å². The molecule has 1 aliphatic carbocycles. The molecule has 0 unspecified atom stereocenters. The number of hydrogen-bond acceptors (Lipinski definition) is 7. The number of ketones is 1. The van der Waals surface area contributed by atoms with E-state index in [1.807, 2.05) is 12.1 Å². The molecule has 2 heterocycles. The Bertz CT molecular complexity index is 1350. The van der Waals surface area contributed by atoms with E-state index in [0.717, 1.165) is 0 Å². The van der Waals surface area contributed by atoms with E-state index in [9.17, 15) is 9.59 Å². The lowest BCUT2D eigenvalue weighted by atomic mass is 9.87. The molecule has 0 spiro atoms. The molecule has 0 fully saturated rings. The Kier molecular flexibility index (Phi) is 4.21. The second-order valence-corrected chi connectivity index (χ2v) is 7.66. The van der Waals surface area contributed by atoms with Crippen molar-refractivity contribution in [1.82, 2.24) is 14.9 Å². The van der Waals surface area contributed by atoms with Crippen LogP contribution in [0.3, 0.4) is 0 Å². The first kappa shape index (κ1) is 18.6. The molecule has 0 saturated heterocycles. The lowest BCUT2D eigenvalue weighted by Gasteiger charge is -2.18. The molecule has 0 radical (unpaired) electrons. The average Bonchev–Trinajstić information content (AvgIpc) is 3.32. The van der Waals surface area contributed by atoms with Gasteiger partial charge in [0.15, 0.2) is 17.4 Å². The fourth-order valence-corrected chi connectivity index (χ4v) is 4.19. The van der Waals surface area contributed by atoms with E-state index in [1.165, 1.54) is 4.68 Å². The van der Waals surface area contributed by atoms with Crippen molar-refractivity contribution in [3.8, 4) is 11.3 Å². The van der Waals surface area contributed by atoms with Crippen LogP contribution in [0.2, 0.25) is 0 Å². The largest absolute Gasteiger partial charge is 0.462 e. The minimum Gasteiger partial charge on any atom is -0.462 e. The second kappa shape index (κ2) is 6.81. The maximum atomic E-state index is 13.4. The number of carbonyl (C=O) groups excluding carboxylic acids is 2. The van der Waals surface area contributed by atoms with Gasteiger partial charge in [-0.05, 0) is 28.9 Å². The summed E-state index contributed by atoms with van der Waals surface area (Å²) in [4.78, 5) is 25.7. The highest BCUT2D eigenvalue weighted by atomic mass is 79.9. The summed E-state index contributed by atoms with van der Waals surface area (Å²) in [6, 6.07) is 8.98. The second-order valence-electron chi connectivity index (χ2n) is 6.80. The van der Waals surface area contributed by atoms with Gasteiger partial charge in [0.2, 0.25) is 0 Å². The van der Waals surface area contributed by atoms with Crippen molar-refractivity contribution in [2.45, 2.75) is 6.92 Å². The van der Waals surface area contributed by atoms with Gasteiger partial charge >= 0.3 is 5.97 Å². The van der Waals surface area contributed by atoms with E-state index in [4.69, 9.17) is 9.26 Å². The quantitative estimate of drug-likeness (QED) is 0.390. The van der Waals surface area contributed by atoms with Crippen LogP contribution in [-0.4, -0.2) is 33.3 Å². The molecule has 5 rings (SSSR count). The third kappa shape index (κ3) is 2.66. The van der Waals surface area contributed by atoms with Crippen LogP contribution in [0.4, 0.5) is 11.5 Å². The number of anilines is 2. The third-order valence-electron chi connectivity index (χ3n) is 4.93. The third-order valence-corrected chi connectivity index (χ3v) is 5.53. The fourth-order valence-electron chi connectivity index (χ4n) is 3.69. The lowest BCUT2D eigenvalue weighted by Crippen LogP contribution is -2.13. The first-order valence-electron chi connectivity index (χ1n) is 9.23. The van der Waals surface area contributed by atoms with Gasteiger partial charge in [-0.1, -0.05) is 29.4 Å². The van der Waals surface area contributed by atoms with Crippen LogP contribution in [-0.2, 0) is 11.8 Å². The number of esters is 1. The summed E-state index contributed by atoms with van der Waals surface area (Å²) in [6.07, 6.45) is 1.57. The molecular weight excluding hydrogens is 452 g/mol. The molecule has 2 aromatic heterocycles. The van der Waals surface area contributed by atoms with Gasteiger partial charge in [0.25, 0.3) is 0 Å². The molecular formula is C21H15BrN4O4. The topological polar surface area (TPSA) is 99.2 Å². The van der Waals surface area contributed by atoms with Crippen molar-refractivity contribution in [3.63, 3.8) is 0 Å². The van der Waals surface area contributed by atoms with Crippen LogP contribution < -0.4 is 5.32 Å². The number of rotatable bonds is 4. The van der Waals surface area contributed by atoms with E-state index in [-0.39, 0.29) is 18.0 Å². The molecule has 0 aliphatic heterocycles. The van der Waals surface area contributed by atoms with Crippen LogP contribution in [0.5, 0.6) is 0 Å². The van der Waals surface area contributed by atoms with Crippen molar-refractivity contribution in [2.75, 3.05) is 11.9 Å². The number of ether oxygens (including phenoxy) is 1. The van der Waals surface area contributed by atoms with Crippen LogP contribution in [0, 0.1) is 0 Å². The number of nitrogens with zero attached hydrogens (tertiary/aromatic N) is 3. The number of nitrogens with one attached hydrogen (secondary N) is 1. The Morgan fingerprint density at radius 3 is 2.83 bits per heavy atom. The zero-order valence-electron chi connectivity index (χ0n) is 16.0. The summed E-state index contributed by atoms with van der Waals surface area (Å²) in [5.41, 5.74) is 2.97. The molecule has 4 aromatic rings. The van der Waals surface area contributed by atoms with Crippen molar-refractivity contribution in [3.05, 3.63) is 57.7 Å². The van der Waals surface area contributed by atoms with Crippen LogP contribution in [0.25, 0.3) is 22.2 Å². The highest BCUT2D eigenvalue weighted by Crippen LogP contribution is 2.45. The number of hydrogen-bond donors (Lipinski definition) is 1. The molecule has 30 heavy (non-hydrogen) atoms. The summed E-state index contributed by atoms with van der Waals surface area (Å²) in [5, 5.41) is 12.2. The number of benzene rings is 2. The van der Waals surface area contributed by atoms with Gasteiger partial charge in [0, 0.05) is 28.8 Å². The first-order chi connectivity index (χ1) is 14.5. The maximum Gasteiger partial charge on any atom is 0.343 e. The van der Waals surface area contributed by atoms with Crippen LogP contribution in [0.15, 0.2) is 45.5 Å². The standard InChI is InChI=1S/C21H15BrN4O4/c1-3-29-21(28)12-9-26(2)24-20(12)23-14-8-13(22)17-16-15(14)18(27)10-6-4-5-7-11(10)19(16)30-25-17/h4-9H,3H2,1-2H3,(H,23,24). The molecule has 0 atom stereocenters. The smallest absolute Gasteiger partial charge is 0.343 e. The van der Waals surface area contributed by atoms with Crippen molar-refractivity contribution >= 4 is 50.1 Å². The zero-order valence-corrected chi connectivity index (χ0v) is 17.6.